The Morgan fingerprint density at radius 3 is 2.14 bits per heavy atom. The van der Waals surface area contributed by atoms with Crippen LogP contribution in [0, 0.1) is 0 Å². The van der Waals surface area contributed by atoms with Crippen LogP contribution < -0.4 is 10.6 Å². The van der Waals surface area contributed by atoms with E-state index in [0.29, 0.717) is 25.9 Å². The number of ether oxygens (including phenoxy) is 1. The number of benzene rings is 2. The van der Waals surface area contributed by atoms with Crippen LogP contribution in [0.2, 0.25) is 0 Å². The van der Waals surface area contributed by atoms with Crippen molar-refractivity contribution < 1.29 is 29.3 Å². The van der Waals surface area contributed by atoms with Gasteiger partial charge in [-0.1, -0.05) is 48.5 Å². The van der Waals surface area contributed by atoms with Gasteiger partial charge in [0, 0.05) is 25.0 Å². The highest BCUT2D eigenvalue weighted by Crippen LogP contribution is 2.44. The summed E-state index contributed by atoms with van der Waals surface area (Å²) in [5, 5.41) is 23.9. The Balaban J connectivity index is 1.22. The van der Waals surface area contributed by atoms with Gasteiger partial charge in [0.15, 0.2) is 6.04 Å². The SMILES string of the molecule is CC(O)C(NC(=O)CN1CCC(NC(=O)OCC2c3ccccc3-c3ccccc32)CC1)C(=O)O. The van der Waals surface area contributed by atoms with Gasteiger partial charge in [0.1, 0.15) is 6.61 Å². The van der Waals surface area contributed by atoms with Crippen LogP contribution in [-0.2, 0) is 14.3 Å². The zero-order chi connectivity index (χ0) is 24.9. The van der Waals surface area contributed by atoms with Gasteiger partial charge in [-0.05, 0) is 42.0 Å². The summed E-state index contributed by atoms with van der Waals surface area (Å²) in [6.07, 6.45) is -0.347. The maximum Gasteiger partial charge on any atom is 0.407 e. The van der Waals surface area contributed by atoms with Crippen molar-refractivity contribution in [3.05, 3.63) is 59.7 Å². The molecule has 2 aliphatic rings. The number of rotatable bonds is 8. The topological polar surface area (TPSA) is 128 Å². The van der Waals surface area contributed by atoms with E-state index in [-0.39, 0.29) is 25.1 Å². The summed E-state index contributed by atoms with van der Waals surface area (Å²) >= 11 is 0. The second-order valence-corrected chi connectivity index (χ2v) is 9.14. The van der Waals surface area contributed by atoms with Crippen molar-refractivity contribution in [3.63, 3.8) is 0 Å². The third-order valence-electron chi connectivity index (χ3n) is 6.69. The number of nitrogens with zero attached hydrogens (tertiary/aromatic N) is 1. The highest BCUT2D eigenvalue weighted by Gasteiger charge is 2.30. The number of amides is 2. The first-order valence-electron chi connectivity index (χ1n) is 11.9. The Hall–Kier alpha value is -3.43. The van der Waals surface area contributed by atoms with Gasteiger partial charge in [-0.3, -0.25) is 9.69 Å². The van der Waals surface area contributed by atoms with Crippen molar-refractivity contribution in [2.45, 2.75) is 43.9 Å². The van der Waals surface area contributed by atoms with Crippen LogP contribution >= 0.6 is 0 Å². The molecule has 2 unspecified atom stereocenters. The minimum Gasteiger partial charge on any atom is -0.480 e. The van der Waals surface area contributed by atoms with Crippen LogP contribution in [0.4, 0.5) is 4.79 Å². The maximum atomic E-state index is 12.5. The smallest absolute Gasteiger partial charge is 0.407 e. The van der Waals surface area contributed by atoms with E-state index in [9.17, 15) is 19.5 Å². The first-order valence-corrected chi connectivity index (χ1v) is 11.9. The zero-order valence-electron chi connectivity index (χ0n) is 19.6. The lowest BCUT2D eigenvalue weighted by Crippen LogP contribution is -2.52. The standard InChI is InChI=1S/C26H31N3O6/c1-16(30)24(25(32)33)28-23(31)14-29-12-10-17(11-13-29)27-26(34)35-15-22-20-8-4-2-6-18(20)19-7-3-5-9-21(19)22/h2-9,16-17,22,24,30H,10-15H2,1H3,(H,27,34)(H,28,31)(H,32,33). The van der Waals surface area contributed by atoms with E-state index in [1.54, 1.807) is 0 Å². The number of nitrogens with one attached hydrogen (secondary N) is 2. The summed E-state index contributed by atoms with van der Waals surface area (Å²) in [6.45, 7) is 2.77. The monoisotopic (exact) mass is 481 g/mol. The number of carboxylic acid groups (broad SMARTS) is 1. The highest BCUT2D eigenvalue weighted by atomic mass is 16.5. The van der Waals surface area contributed by atoms with Gasteiger partial charge < -0.3 is 25.6 Å². The Bertz CT molecular complexity index is 1030. The normalized spacial score (nSPS) is 17.7. The van der Waals surface area contributed by atoms with Crippen molar-refractivity contribution in [3.8, 4) is 11.1 Å². The summed E-state index contributed by atoms with van der Waals surface area (Å²) < 4.78 is 5.62. The average Bonchev–Trinajstić information content (AvgIpc) is 3.16. The molecule has 1 aliphatic heterocycles. The number of fused-ring (bicyclic) bond motifs is 3. The molecule has 9 nitrogen and oxygen atoms in total. The first kappa shape index (κ1) is 24.7. The molecule has 0 saturated carbocycles. The molecule has 35 heavy (non-hydrogen) atoms. The molecule has 1 fully saturated rings. The molecule has 0 bridgehead atoms. The lowest BCUT2D eigenvalue weighted by atomic mass is 9.98. The molecule has 4 N–H and O–H groups in total. The van der Waals surface area contributed by atoms with Crippen LogP contribution in [0.1, 0.15) is 36.8 Å². The number of carbonyl (C=O) groups is 3. The molecule has 2 amide bonds. The molecule has 0 spiro atoms. The minimum atomic E-state index is -1.34. The van der Waals surface area contributed by atoms with Gasteiger partial charge in [0.2, 0.25) is 5.91 Å². The molecule has 1 saturated heterocycles. The average molecular weight is 482 g/mol. The predicted octanol–water partition coefficient (Wildman–Crippen LogP) is 1.94. The number of hydrogen-bond donors (Lipinski definition) is 4. The van der Waals surface area contributed by atoms with Crippen LogP contribution in [0.25, 0.3) is 11.1 Å². The Morgan fingerprint density at radius 1 is 1.03 bits per heavy atom. The third kappa shape index (κ3) is 5.80. The molecular formula is C26H31N3O6. The number of alkyl carbamates (subject to hydrolysis) is 1. The zero-order valence-corrected chi connectivity index (χ0v) is 19.6. The van der Waals surface area contributed by atoms with Crippen molar-refractivity contribution in [1.29, 1.82) is 0 Å². The lowest BCUT2D eigenvalue weighted by Gasteiger charge is -2.32. The van der Waals surface area contributed by atoms with Gasteiger partial charge in [-0.2, -0.15) is 0 Å². The molecule has 0 radical (unpaired) electrons. The van der Waals surface area contributed by atoms with E-state index in [4.69, 9.17) is 9.84 Å². The van der Waals surface area contributed by atoms with E-state index in [1.165, 1.54) is 18.1 Å². The second-order valence-electron chi connectivity index (χ2n) is 9.14. The number of hydrogen-bond acceptors (Lipinski definition) is 6. The Morgan fingerprint density at radius 2 is 1.60 bits per heavy atom. The van der Waals surface area contributed by atoms with E-state index >= 15 is 0 Å². The summed E-state index contributed by atoms with van der Waals surface area (Å²) in [4.78, 5) is 37.7. The molecular weight excluding hydrogens is 450 g/mol. The summed E-state index contributed by atoms with van der Waals surface area (Å²) in [5.41, 5.74) is 4.68. The molecule has 0 aromatic heterocycles. The highest BCUT2D eigenvalue weighted by molar-refractivity contribution is 5.85. The molecule has 1 aliphatic carbocycles. The number of aliphatic hydroxyl groups excluding tert-OH is 1. The van der Waals surface area contributed by atoms with Gasteiger partial charge >= 0.3 is 12.1 Å². The first-order chi connectivity index (χ1) is 16.8. The number of carboxylic acids is 1. The summed E-state index contributed by atoms with van der Waals surface area (Å²) in [7, 11) is 0. The molecule has 4 rings (SSSR count). The van der Waals surface area contributed by atoms with Crippen LogP contribution in [0.3, 0.4) is 0 Å². The van der Waals surface area contributed by atoms with Crippen LogP contribution in [0.5, 0.6) is 0 Å². The molecule has 2 atom stereocenters. The number of piperidine rings is 1. The number of likely N-dealkylation sites (tertiary alicyclic amines) is 1. The molecule has 9 heteroatoms. The van der Waals surface area contributed by atoms with Crippen LogP contribution in [-0.4, -0.2) is 77.5 Å². The maximum absolute atomic E-state index is 12.5. The van der Waals surface area contributed by atoms with Crippen LogP contribution in [0.15, 0.2) is 48.5 Å². The van der Waals surface area contributed by atoms with Crippen molar-refractivity contribution in [2.24, 2.45) is 0 Å². The van der Waals surface area contributed by atoms with Gasteiger partial charge in [-0.25, -0.2) is 9.59 Å². The molecule has 1 heterocycles. The second kappa shape index (κ2) is 10.9. The fourth-order valence-electron chi connectivity index (χ4n) is 4.85. The van der Waals surface area contributed by atoms with Gasteiger partial charge in [0.25, 0.3) is 0 Å². The minimum absolute atomic E-state index is 0.00442. The van der Waals surface area contributed by atoms with Gasteiger partial charge in [0.05, 0.1) is 12.6 Å². The fourth-order valence-corrected chi connectivity index (χ4v) is 4.85. The van der Waals surface area contributed by atoms with E-state index in [1.807, 2.05) is 29.2 Å². The van der Waals surface area contributed by atoms with Crippen molar-refractivity contribution >= 4 is 18.0 Å². The molecule has 186 valence electrons. The Kier molecular flexibility index (Phi) is 7.67. The van der Waals surface area contributed by atoms with E-state index in [2.05, 4.69) is 34.9 Å². The Labute approximate surface area is 204 Å². The number of aliphatic carboxylic acids is 1. The van der Waals surface area contributed by atoms with E-state index < -0.39 is 30.1 Å². The molecule has 2 aromatic carbocycles. The van der Waals surface area contributed by atoms with Crippen molar-refractivity contribution in [2.75, 3.05) is 26.2 Å². The lowest BCUT2D eigenvalue weighted by molar-refractivity contribution is -0.145. The summed E-state index contributed by atoms with van der Waals surface area (Å²) in [5.74, 6) is -1.73. The number of carbonyl (C=O) groups excluding carboxylic acids is 2. The van der Waals surface area contributed by atoms with E-state index in [0.717, 1.165) is 11.1 Å². The fraction of sp³-hybridized carbons (Fsp3) is 0.423. The number of aliphatic hydroxyl groups is 1. The quantitative estimate of drug-likeness (QED) is 0.454. The van der Waals surface area contributed by atoms with Crippen molar-refractivity contribution in [1.82, 2.24) is 15.5 Å². The largest absolute Gasteiger partial charge is 0.480 e. The molecule has 2 aromatic rings. The predicted molar refractivity (Wildman–Crippen MR) is 129 cm³/mol. The summed E-state index contributed by atoms with van der Waals surface area (Å²) in [6, 6.07) is 15.0. The third-order valence-corrected chi connectivity index (χ3v) is 6.69. The van der Waals surface area contributed by atoms with Gasteiger partial charge in [-0.15, -0.1) is 0 Å².